The Balaban J connectivity index is 2.38. The van der Waals surface area contributed by atoms with Gasteiger partial charge in [-0.05, 0) is 19.1 Å². The summed E-state index contributed by atoms with van der Waals surface area (Å²) >= 11 is 0. The molecular weight excluding hydrogens is 240 g/mol. The van der Waals surface area contributed by atoms with Crippen LogP contribution in [0.5, 0.6) is 0 Å². The summed E-state index contributed by atoms with van der Waals surface area (Å²) in [6, 6.07) is 3.65. The van der Waals surface area contributed by atoms with E-state index in [1.54, 1.807) is 6.92 Å². The molecule has 2 aromatic rings. The molecule has 94 valence electrons. The summed E-state index contributed by atoms with van der Waals surface area (Å²) in [5.74, 6) is -1.52. The zero-order valence-corrected chi connectivity index (χ0v) is 9.94. The van der Waals surface area contributed by atoms with Gasteiger partial charge in [0.2, 0.25) is 0 Å². The van der Waals surface area contributed by atoms with Crippen molar-refractivity contribution in [3.8, 4) is 0 Å². The maximum atomic E-state index is 13.5. The molecule has 0 aliphatic carbocycles. The SMILES string of the molecule is CC(=O)c1nnn(Cc2c(F)cccc2F)c1C. The number of rotatable bonds is 3. The van der Waals surface area contributed by atoms with E-state index in [0.717, 1.165) is 0 Å². The molecular formula is C12H11F2N3O. The van der Waals surface area contributed by atoms with Gasteiger partial charge in [0, 0.05) is 12.5 Å². The van der Waals surface area contributed by atoms with E-state index in [2.05, 4.69) is 10.3 Å². The molecule has 0 aliphatic heterocycles. The number of halogens is 2. The van der Waals surface area contributed by atoms with Gasteiger partial charge in [-0.2, -0.15) is 0 Å². The maximum Gasteiger partial charge on any atom is 0.181 e. The highest BCUT2D eigenvalue weighted by Gasteiger charge is 2.15. The van der Waals surface area contributed by atoms with Gasteiger partial charge in [-0.3, -0.25) is 4.79 Å². The van der Waals surface area contributed by atoms with Crippen LogP contribution >= 0.6 is 0 Å². The monoisotopic (exact) mass is 251 g/mol. The van der Waals surface area contributed by atoms with Gasteiger partial charge in [0.25, 0.3) is 0 Å². The van der Waals surface area contributed by atoms with Crippen molar-refractivity contribution in [2.75, 3.05) is 0 Å². The minimum absolute atomic E-state index is 0.0926. The number of hydrogen-bond acceptors (Lipinski definition) is 3. The Bertz CT molecular complexity index is 587. The third kappa shape index (κ3) is 2.13. The number of Topliss-reactive ketones (excluding diaryl/α,β-unsaturated/α-hetero) is 1. The zero-order valence-electron chi connectivity index (χ0n) is 9.94. The predicted octanol–water partition coefficient (Wildman–Crippen LogP) is 2.12. The highest BCUT2D eigenvalue weighted by atomic mass is 19.1. The quantitative estimate of drug-likeness (QED) is 0.785. The summed E-state index contributed by atoms with van der Waals surface area (Å²) in [5.41, 5.74) is 0.609. The highest BCUT2D eigenvalue weighted by molar-refractivity contribution is 5.92. The summed E-state index contributed by atoms with van der Waals surface area (Å²) in [4.78, 5) is 11.2. The first-order chi connectivity index (χ1) is 8.50. The van der Waals surface area contributed by atoms with Crippen molar-refractivity contribution >= 4 is 5.78 Å². The molecule has 0 unspecified atom stereocenters. The van der Waals surface area contributed by atoms with E-state index in [9.17, 15) is 13.6 Å². The minimum Gasteiger partial charge on any atom is -0.293 e. The van der Waals surface area contributed by atoms with Gasteiger partial charge in [0.05, 0.1) is 12.2 Å². The molecule has 0 radical (unpaired) electrons. The molecule has 18 heavy (non-hydrogen) atoms. The molecule has 0 atom stereocenters. The van der Waals surface area contributed by atoms with Crippen LogP contribution in [-0.4, -0.2) is 20.8 Å². The van der Waals surface area contributed by atoms with Gasteiger partial charge in [0.15, 0.2) is 11.5 Å². The molecule has 0 aliphatic rings. The van der Waals surface area contributed by atoms with Crippen molar-refractivity contribution in [1.29, 1.82) is 0 Å². The van der Waals surface area contributed by atoms with E-state index in [1.165, 1.54) is 29.8 Å². The number of ketones is 1. The summed E-state index contributed by atoms with van der Waals surface area (Å²) in [6.07, 6.45) is 0. The lowest BCUT2D eigenvalue weighted by Gasteiger charge is -2.06. The molecule has 1 heterocycles. The molecule has 4 nitrogen and oxygen atoms in total. The topological polar surface area (TPSA) is 47.8 Å². The second-order valence-corrected chi connectivity index (χ2v) is 3.94. The summed E-state index contributed by atoms with van der Waals surface area (Å²) in [5, 5.41) is 7.42. The van der Waals surface area contributed by atoms with E-state index in [0.29, 0.717) is 5.69 Å². The van der Waals surface area contributed by atoms with Gasteiger partial charge in [-0.25, -0.2) is 13.5 Å². The summed E-state index contributed by atoms with van der Waals surface area (Å²) in [7, 11) is 0. The van der Waals surface area contributed by atoms with Crippen LogP contribution in [0.25, 0.3) is 0 Å². The smallest absolute Gasteiger partial charge is 0.181 e. The van der Waals surface area contributed by atoms with Crippen molar-refractivity contribution in [3.05, 3.63) is 46.8 Å². The van der Waals surface area contributed by atoms with Crippen LogP contribution in [0, 0.1) is 18.6 Å². The first-order valence-corrected chi connectivity index (χ1v) is 5.34. The lowest BCUT2D eigenvalue weighted by molar-refractivity contribution is 0.101. The molecule has 0 spiro atoms. The molecule has 1 aromatic carbocycles. The van der Waals surface area contributed by atoms with Gasteiger partial charge < -0.3 is 0 Å². The van der Waals surface area contributed by atoms with E-state index in [-0.39, 0.29) is 23.6 Å². The Kier molecular flexibility index (Phi) is 3.18. The Morgan fingerprint density at radius 2 is 1.94 bits per heavy atom. The third-order valence-corrected chi connectivity index (χ3v) is 2.69. The van der Waals surface area contributed by atoms with Gasteiger partial charge >= 0.3 is 0 Å². The lowest BCUT2D eigenvalue weighted by Crippen LogP contribution is -2.08. The van der Waals surface area contributed by atoms with Crippen molar-refractivity contribution in [1.82, 2.24) is 15.0 Å². The zero-order chi connectivity index (χ0) is 13.3. The van der Waals surface area contributed by atoms with Crippen molar-refractivity contribution in [2.45, 2.75) is 20.4 Å². The number of aromatic nitrogens is 3. The molecule has 2 rings (SSSR count). The number of hydrogen-bond donors (Lipinski definition) is 0. The van der Waals surface area contributed by atoms with E-state index in [4.69, 9.17) is 0 Å². The van der Waals surface area contributed by atoms with Crippen molar-refractivity contribution in [3.63, 3.8) is 0 Å². The Hall–Kier alpha value is -2.11. The average molecular weight is 251 g/mol. The Labute approximate surface area is 102 Å². The molecule has 1 aromatic heterocycles. The van der Waals surface area contributed by atoms with Crippen LogP contribution in [0.15, 0.2) is 18.2 Å². The molecule has 0 N–H and O–H groups in total. The maximum absolute atomic E-state index is 13.5. The standard InChI is InChI=1S/C12H11F2N3O/c1-7-12(8(2)18)15-16-17(7)6-9-10(13)4-3-5-11(9)14/h3-5H,6H2,1-2H3. The second-order valence-electron chi connectivity index (χ2n) is 3.94. The second kappa shape index (κ2) is 4.64. The van der Waals surface area contributed by atoms with Crippen LogP contribution < -0.4 is 0 Å². The first-order valence-electron chi connectivity index (χ1n) is 5.34. The van der Waals surface area contributed by atoms with Gasteiger partial charge in [0.1, 0.15) is 11.6 Å². The van der Waals surface area contributed by atoms with E-state index in [1.807, 2.05) is 0 Å². The first kappa shape index (κ1) is 12.3. The predicted molar refractivity (Wildman–Crippen MR) is 60.2 cm³/mol. The van der Waals surface area contributed by atoms with Crippen LogP contribution in [0.2, 0.25) is 0 Å². The molecule has 0 saturated heterocycles. The van der Waals surface area contributed by atoms with Crippen LogP contribution in [-0.2, 0) is 6.54 Å². The number of benzene rings is 1. The van der Waals surface area contributed by atoms with Crippen LogP contribution in [0.3, 0.4) is 0 Å². The molecule has 0 fully saturated rings. The normalized spacial score (nSPS) is 10.7. The van der Waals surface area contributed by atoms with Gasteiger partial charge in [-0.1, -0.05) is 11.3 Å². The van der Waals surface area contributed by atoms with E-state index >= 15 is 0 Å². The Morgan fingerprint density at radius 3 is 2.44 bits per heavy atom. The van der Waals surface area contributed by atoms with Crippen LogP contribution in [0.4, 0.5) is 8.78 Å². The third-order valence-electron chi connectivity index (χ3n) is 2.69. The fourth-order valence-electron chi connectivity index (χ4n) is 1.67. The fourth-order valence-corrected chi connectivity index (χ4v) is 1.67. The summed E-state index contributed by atoms with van der Waals surface area (Å²) < 4.78 is 28.2. The molecule has 0 saturated carbocycles. The molecule has 6 heteroatoms. The average Bonchev–Trinajstić information content (AvgIpc) is 2.66. The number of carbonyl (C=O) groups is 1. The minimum atomic E-state index is -0.644. The number of carbonyl (C=O) groups excluding carboxylic acids is 1. The largest absolute Gasteiger partial charge is 0.293 e. The number of nitrogens with zero attached hydrogens (tertiary/aromatic N) is 3. The van der Waals surface area contributed by atoms with Crippen LogP contribution in [0.1, 0.15) is 28.7 Å². The summed E-state index contributed by atoms with van der Waals surface area (Å²) in [6.45, 7) is 2.91. The highest BCUT2D eigenvalue weighted by Crippen LogP contribution is 2.15. The molecule has 0 amide bonds. The lowest BCUT2D eigenvalue weighted by atomic mass is 10.2. The Morgan fingerprint density at radius 1 is 1.33 bits per heavy atom. The fraction of sp³-hybridized carbons (Fsp3) is 0.250. The molecule has 0 bridgehead atoms. The van der Waals surface area contributed by atoms with Crippen molar-refractivity contribution in [2.24, 2.45) is 0 Å². The van der Waals surface area contributed by atoms with E-state index < -0.39 is 11.6 Å². The van der Waals surface area contributed by atoms with Crippen molar-refractivity contribution < 1.29 is 13.6 Å². The van der Waals surface area contributed by atoms with Gasteiger partial charge in [-0.15, -0.1) is 5.10 Å².